The molecule has 0 saturated heterocycles. The van der Waals surface area contributed by atoms with Gasteiger partial charge < -0.3 is 20.1 Å². The fourth-order valence-corrected chi connectivity index (χ4v) is 4.21. The van der Waals surface area contributed by atoms with Crippen LogP contribution in [0.15, 0.2) is 23.7 Å². The van der Waals surface area contributed by atoms with Crippen LogP contribution in [0.1, 0.15) is 68.2 Å². The summed E-state index contributed by atoms with van der Waals surface area (Å²) in [4.78, 5) is 0. The second-order valence-corrected chi connectivity index (χ2v) is 9.73. The Labute approximate surface area is 148 Å². The predicted molar refractivity (Wildman–Crippen MR) is 99.9 cm³/mol. The fraction of sp³-hybridized carbons (Fsp3) is 0.800. The molecular weight excluding hydrogens is 300 g/mol. The average Bonchev–Trinajstić information content (AvgIpc) is 2.26. The first kappa shape index (κ1) is 19.3. The summed E-state index contributed by atoms with van der Waals surface area (Å²) in [5.41, 5.74) is 0.0349. The summed E-state index contributed by atoms with van der Waals surface area (Å²) in [5, 5.41) is 7.24. The number of hydrogen-bond acceptors (Lipinski definition) is 4. The van der Waals surface area contributed by atoms with Gasteiger partial charge >= 0.3 is 0 Å². The van der Waals surface area contributed by atoms with Crippen LogP contribution < -0.4 is 10.6 Å². The van der Waals surface area contributed by atoms with E-state index < -0.39 is 0 Å². The Morgan fingerprint density at radius 2 is 1.04 bits per heavy atom. The Bertz CT molecular complexity index is 480. The van der Waals surface area contributed by atoms with Crippen molar-refractivity contribution in [1.82, 2.24) is 10.6 Å². The molecule has 2 N–H and O–H groups in total. The van der Waals surface area contributed by atoms with Crippen molar-refractivity contribution in [3.05, 3.63) is 23.7 Å². The van der Waals surface area contributed by atoms with Gasteiger partial charge in [-0.05, 0) is 67.5 Å². The minimum atomic E-state index is -0.0381. The van der Waals surface area contributed by atoms with Crippen molar-refractivity contribution >= 4 is 0 Å². The van der Waals surface area contributed by atoms with E-state index in [9.17, 15) is 0 Å². The van der Waals surface area contributed by atoms with Crippen molar-refractivity contribution in [3.8, 4) is 0 Å². The Hall–Kier alpha value is -1.00. The Balaban J connectivity index is 1.85. The van der Waals surface area contributed by atoms with Gasteiger partial charge in [-0.1, -0.05) is 0 Å². The lowest BCUT2D eigenvalue weighted by atomic mass is 9.87. The highest BCUT2D eigenvalue weighted by Gasteiger charge is 2.34. The molecule has 2 rings (SSSR count). The first-order valence-electron chi connectivity index (χ1n) is 9.05. The molecule has 0 radical (unpaired) electrons. The van der Waals surface area contributed by atoms with Gasteiger partial charge in [0.1, 0.15) is 13.2 Å². The van der Waals surface area contributed by atoms with E-state index >= 15 is 0 Å². The van der Waals surface area contributed by atoms with Crippen molar-refractivity contribution in [2.24, 2.45) is 0 Å². The van der Waals surface area contributed by atoms with Gasteiger partial charge in [0.05, 0.1) is 11.5 Å². The summed E-state index contributed by atoms with van der Waals surface area (Å²) in [6, 6.07) is 0. The van der Waals surface area contributed by atoms with Crippen LogP contribution >= 0.6 is 0 Å². The zero-order chi connectivity index (χ0) is 18.2. The van der Waals surface area contributed by atoms with E-state index in [1.807, 2.05) is 0 Å². The van der Waals surface area contributed by atoms with Gasteiger partial charge in [0, 0.05) is 35.0 Å². The number of rotatable bonds is 5. The van der Waals surface area contributed by atoms with Crippen LogP contribution in [0.5, 0.6) is 0 Å². The van der Waals surface area contributed by atoms with Gasteiger partial charge in [-0.2, -0.15) is 0 Å². The maximum absolute atomic E-state index is 6.00. The fourth-order valence-electron chi connectivity index (χ4n) is 4.21. The van der Waals surface area contributed by atoms with Crippen molar-refractivity contribution in [2.75, 3.05) is 13.2 Å². The molecule has 4 nitrogen and oxygen atoms in total. The summed E-state index contributed by atoms with van der Waals surface area (Å²) in [5.74, 6) is 2.12. The van der Waals surface area contributed by atoms with E-state index in [0.717, 1.165) is 24.4 Å². The molecule has 24 heavy (non-hydrogen) atoms. The van der Waals surface area contributed by atoms with Crippen molar-refractivity contribution in [2.45, 2.75) is 90.4 Å². The van der Waals surface area contributed by atoms with Crippen molar-refractivity contribution in [3.63, 3.8) is 0 Å². The molecule has 0 aromatic rings. The first-order chi connectivity index (χ1) is 10.8. The molecule has 0 aromatic heterocycles. The van der Waals surface area contributed by atoms with E-state index in [2.05, 4.69) is 78.2 Å². The van der Waals surface area contributed by atoms with Gasteiger partial charge in [-0.15, -0.1) is 0 Å². The van der Waals surface area contributed by atoms with E-state index in [0.29, 0.717) is 13.2 Å². The molecule has 2 aliphatic rings. The molecule has 0 unspecified atom stereocenters. The molecule has 138 valence electrons. The van der Waals surface area contributed by atoms with Crippen molar-refractivity contribution in [1.29, 1.82) is 0 Å². The minimum Gasteiger partial charge on any atom is -0.495 e. The second kappa shape index (κ2) is 6.38. The smallest absolute Gasteiger partial charge is 0.122 e. The largest absolute Gasteiger partial charge is 0.495 e. The van der Waals surface area contributed by atoms with E-state index in [-0.39, 0.29) is 22.2 Å². The topological polar surface area (TPSA) is 42.5 Å². The number of hydrogen-bond donors (Lipinski definition) is 2. The highest BCUT2D eigenvalue weighted by atomic mass is 16.5. The molecule has 0 amide bonds. The highest BCUT2D eigenvalue weighted by Crippen LogP contribution is 2.29. The van der Waals surface area contributed by atoms with Gasteiger partial charge in [0.15, 0.2) is 0 Å². The molecule has 0 spiro atoms. The molecule has 0 aliphatic carbocycles. The number of ether oxygens (including phenoxy) is 2. The standard InChI is InChI=1S/C20H36N2O2/c1-17(2)11-15(12-18(3,4)21-17)23-9-10-24-16-13-19(5,6)22-20(7,8)14-16/h11,13,21-22H,9-10,12,14H2,1-8H3. The third-order valence-corrected chi connectivity index (χ3v) is 4.26. The summed E-state index contributed by atoms with van der Waals surface area (Å²) >= 11 is 0. The normalized spacial score (nSPS) is 27.0. The van der Waals surface area contributed by atoms with E-state index in [1.165, 1.54) is 0 Å². The third kappa shape index (κ3) is 5.82. The SMILES string of the molecule is CC1(C)C=C(OCCOC2=CC(C)(C)NC(C)(C)C2)CC(C)(C)N1. The minimum absolute atomic E-state index is 0.0381. The van der Waals surface area contributed by atoms with Crippen LogP contribution in [-0.2, 0) is 9.47 Å². The van der Waals surface area contributed by atoms with Gasteiger partial charge in [0.25, 0.3) is 0 Å². The predicted octanol–water partition coefficient (Wildman–Crippen LogP) is 3.89. The lowest BCUT2D eigenvalue weighted by Gasteiger charge is -2.41. The molecule has 0 aromatic carbocycles. The first-order valence-corrected chi connectivity index (χ1v) is 9.05. The summed E-state index contributed by atoms with van der Waals surface area (Å²) in [7, 11) is 0. The second-order valence-electron chi connectivity index (χ2n) is 9.73. The molecule has 2 heterocycles. The maximum atomic E-state index is 6.00. The zero-order valence-corrected chi connectivity index (χ0v) is 16.8. The van der Waals surface area contributed by atoms with Crippen LogP contribution in [0.3, 0.4) is 0 Å². The van der Waals surface area contributed by atoms with Crippen molar-refractivity contribution < 1.29 is 9.47 Å². The lowest BCUT2D eigenvalue weighted by Crippen LogP contribution is -2.54. The monoisotopic (exact) mass is 336 g/mol. The van der Waals surface area contributed by atoms with E-state index in [1.54, 1.807) is 0 Å². The summed E-state index contributed by atoms with van der Waals surface area (Å²) in [6.07, 6.45) is 6.19. The molecule has 0 fully saturated rings. The average molecular weight is 337 g/mol. The molecular formula is C20H36N2O2. The number of nitrogens with one attached hydrogen (secondary N) is 2. The molecule has 0 atom stereocenters. The Kier molecular flexibility index (Phi) is 5.14. The molecule has 4 heteroatoms. The molecule has 0 saturated carbocycles. The van der Waals surface area contributed by atoms with Crippen LogP contribution in [0.2, 0.25) is 0 Å². The van der Waals surface area contributed by atoms with E-state index in [4.69, 9.17) is 9.47 Å². The van der Waals surface area contributed by atoms with Crippen LogP contribution in [0.25, 0.3) is 0 Å². The summed E-state index contributed by atoms with van der Waals surface area (Å²) < 4.78 is 12.0. The highest BCUT2D eigenvalue weighted by molar-refractivity contribution is 5.17. The van der Waals surface area contributed by atoms with Gasteiger partial charge in [-0.25, -0.2) is 0 Å². The third-order valence-electron chi connectivity index (χ3n) is 4.26. The van der Waals surface area contributed by atoms with Crippen LogP contribution in [0.4, 0.5) is 0 Å². The summed E-state index contributed by atoms with van der Waals surface area (Å²) in [6.45, 7) is 18.7. The maximum Gasteiger partial charge on any atom is 0.122 e. The van der Waals surface area contributed by atoms with Gasteiger partial charge in [-0.3, -0.25) is 0 Å². The van der Waals surface area contributed by atoms with Crippen LogP contribution in [0, 0.1) is 0 Å². The molecule has 2 aliphatic heterocycles. The van der Waals surface area contributed by atoms with Gasteiger partial charge in [0.2, 0.25) is 0 Å². The Morgan fingerprint density at radius 1 is 0.708 bits per heavy atom. The lowest BCUT2D eigenvalue weighted by molar-refractivity contribution is 0.0829. The van der Waals surface area contributed by atoms with Crippen LogP contribution in [-0.4, -0.2) is 35.4 Å². The zero-order valence-electron chi connectivity index (χ0n) is 16.8. The Morgan fingerprint density at radius 3 is 1.33 bits per heavy atom. The quantitative estimate of drug-likeness (QED) is 0.748. The molecule has 0 bridgehead atoms.